The molecule has 2 N–H and O–H groups in total. The van der Waals surface area contributed by atoms with Gasteiger partial charge in [0, 0.05) is 22.9 Å². The Balaban J connectivity index is 1.38. The molecule has 1 unspecified atom stereocenters. The van der Waals surface area contributed by atoms with Crippen LogP contribution >= 0.6 is 11.3 Å². The Hall–Kier alpha value is -2.64. The molecule has 0 aliphatic carbocycles. The molecule has 1 aliphatic rings. The lowest BCUT2D eigenvalue weighted by Gasteiger charge is -2.25. The van der Waals surface area contributed by atoms with Crippen molar-refractivity contribution in [3.8, 4) is 11.3 Å². The van der Waals surface area contributed by atoms with Crippen LogP contribution in [0.2, 0.25) is 0 Å². The minimum atomic E-state index is -0.917. The summed E-state index contributed by atoms with van der Waals surface area (Å²) in [5, 5.41) is 4.98. The van der Waals surface area contributed by atoms with E-state index in [2.05, 4.69) is 22.4 Å². The summed E-state index contributed by atoms with van der Waals surface area (Å²) in [7, 11) is 0. The lowest BCUT2D eigenvalue weighted by Crippen LogP contribution is -3.12. The summed E-state index contributed by atoms with van der Waals surface area (Å²) in [6.07, 6.45) is 0.969. The van der Waals surface area contributed by atoms with E-state index in [-0.39, 0.29) is 5.91 Å². The first-order valence-corrected chi connectivity index (χ1v) is 9.57. The maximum absolute atomic E-state index is 13.4. The van der Waals surface area contributed by atoms with Crippen LogP contribution in [-0.4, -0.2) is 24.0 Å². The van der Waals surface area contributed by atoms with E-state index in [1.165, 1.54) is 33.4 Å². The van der Waals surface area contributed by atoms with E-state index >= 15 is 0 Å². The van der Waals surface area contributed by atoms with Gasteiger partial charge in [-0.1, -0.05) is 24.3 Å². The molecule has 0 radical (unpaired) electrons. The fraction of sp³-hybridized carbons (Fsp3) is 0.200. The van der Waals surface area contributed by atoms with E-state index in [1.807, 2.05) is 12.1 Å². The number of nitrogens with one attached hydrogen (secondary N) is 2. The quantitative estimate of drug-likeness (QED) is 0.724. The third-order valence-electron chi connectivity index (χ3n) is 4.68. The second-order valence-electron chi connectivity index (χ2n) is 6.59. The van der Waals surface area contributed by atoms with Gasteiger partial charge in [0.2, 0.25) is 0 Å². The molecule has 3 aromatic rings. The number of aromatic nitrogens is 1. The van der Waals surface area contributed by atoms with Gasteiger partial charge in [0.1, 0.15) is 6.54 Å². The van der Waals surface area contributed by atoms with Crippen molar-refractivity contribution in [3.05, 3.63) is 70.6 Å². The number of rotatable bonds is 4. The Morgan fingerprint density at radius 3 is 2.78 bits per heavy atom. The number of carbonyl (C=O) groups is 1. The second-order valence-corrected chi connectivity index (χ2v) is 7.45. The van der Waals surface area contributed by atoms with Crippen molar-refractivity contribution in [1.82, 2.24) is 4.98 Å². The van der Waals surface area contributed by atoms with Crippen LogP contribution in [0.25, 0.3) is 11.3 Å². The van der Waals surface area contributed by atoms with Crippen LogP contribution in [0.4, 0.5) is 13.9 Å². The molecule has 1 aliphatic heterocycles. The first kappa shape index (κ1) is 17.8. The first-order valence-electron chi connectivity index (χ1n) is 8.69. The summed E-state index contributed by atoms with van der Waals surface area (Å²) in [6, 6.07) is 12.0. The van der Waals surface area contributed by atoms with E-state index in [0.29, 0.717) is 22.9 Å². The highest BCUT2D eigenvalue weighted by Gasteiger charge is 2.22. The van der Waals surface area contributed by atoms with Crippen LogP contribution in [0.1, 0.15) is 11.1 Å². The van der Waals surface area contributed by atoms with Gasteiger partial charge in [-0.15, -0.1) is 11.3 Å². The van der Waals surface area contributed by atoms with Gasteiger partial charge in [0.25, 0.3) is 5.91 Å². The van der Waals surface area contributed by atoms with Gasteiger partial charge < -0.3 is 4.90 Å². The van der Waals surface area contributed by atoms with Crippen molar-refractivity contribution < 1.29 is 18.5 Å². The Bertz CT molecular complexity index is 989. The summed E-state index contributed by atoms with van der Waals surface area (Å²) in [6.45, 7) is 2.12. The van der Waals surface area contributed by atoms with E-state index in [1.54, 1.807) is 5.38 Å². The third kappa shape index (κ3) is 4.04. The number of benzene rings is 2. The van der Waals surface area contributed by atoms with Crippen molar-refractivity contribution in [3.63, 3.8) is 0 Å². The molecule has 27 heavy (non-hydrogen) atoms. The van der Waals surface area contributed by atoms with Crippen LogP contribution in [0.3, 0.4) is 0 Å². The third-order valence-corrected chi connectivity index (χ3v) is 5.44. The molecule has 7 heteroatoms. The standard InChI is InChI=1S/C20H17F2N3OS/c21-16-6-5-14(9-17(16)22)18-12-27-20(23-18)24-19(26)11-25-8-7-13-3-1-2-4-15(13)10-25/h1-6,9,12H,7-8,10-11H2,(H,23,24,26)/p+1. The number of amides is 1. The average Bonchev–Trinajstić information content (AvgIpc) is 3.12. The predicted octanol–water partition coefficient (Wildman–Crippen LogP) is 2.67. The lowest BCUT2D eigenvalue weighted by atomic mass is 10.00. The smallest absolute Gasteiger partial charge is 0.281 e. The van der Waals surface area contributed by atoms with Gasteiger partial charge >= 0.3 is 0 Å². The molecular formula is C20H18F2N3OS+. The predicted molar refractivity (Wildman–Crippen MR) is 101 cm³/mol. The van der Waals surface area contributed by atoms with E-state index < -0.39 is 11.6 Å². The number of anilines is 1. The topological polar surface area (TPSA) is 46.4 Å². The van der Waals surface area contributed by atoms with Crippen molar-refractivity contribution in [2.75, 3.05) is 18.4 Å². The Labute approximate surface area is 159 Å². The molecule has 138 valence electrons. The first-order chi connectivity index (χ1) is 13.1. The van der Waals surface area contributed by atoms with Gasteiger partial charge in [-0.05, 0) is 23.8 Å². The molecule has 1 amide bonds. The number of hydrogen-bond donors (Lipinski definition) is 2. The molecule has 0 saturated heterocycles. The number of halogens is 2. The fourth-order valence-corrected chi connectivity index (χ4v) is 4.04. The van der Waals surface area contributed by atoms with Gasteiger partial charge in [-0.25, -0.2) is 13.8 Å². The normalized spacial score (nSPS) is 16.0. The van der Waals surface area contributed by atoms with Crippen LogP contribution in [0, 0.1) is 11.6 Å². The monoisotopic (exact) mass is 386 g/mol. The van der Waals surface area contributed by atoms with Gasteiger partial charge in [-0.3, -0.25) is 10.1 Å². The average molecular weight is 386 g/mol. The zero-order valence-corrected chi connectivity index (χ0v) is 15.3. The molecule has 2 heterocycles. The Kier molecular flexibility index (Phi) is 4.96. The molecule has 0 fully saturated rings. The summed E-state index contributed by atoms with van der Waals surface area (Å²) in [5.41, 5.74) is 3.64. The van der Waals surface area contributed by atoms with E-state index in [9.17, 15) is 13.6 Å². The minimum Gasteiger partial charge on any atom is -0.323 e. The van der Waals surface area contributed by atoms with Crippen LogP contribution in [0.15, 0.2) is 47.8 Å². The summed E-state index contributed by atoms with van der Waals surface area (Å²) < 4.78 is 26.4. The van der Waals surface area contributed by atoms with Crippen LogP contribution < -0.4 is 10.2 Å². The fourth-order valence-electron chi connectivity index (χ4n) is 3.30. The minimum absolute atomic E-state index is 0.101. The van der Waals surface area contributed by atoms with E-state index in [4.69, 9.17) is 0 Å². The molecule has 4 nitrogen and oxygen atoms in total. The SMILES string of the molecule is O=C(C[NH+]1CCc2ccccc2C1)Nc1nc(-c2ccc(F)c(F)c2)cs1. The zero-order chi connectivity index (χ0) is 18.8. The molecule has 0 bridgehead atoms. The zero-order valence-electron chi connectivity index (χ0n) is 14.5. The van der Waals surface area contributed by atoms with Gasteiger partial charge in [0.15, 0.2) is 23.3 Å². The molecule has 2 aromatic carbocycles. The largest absolute Gasteiger partial charge is 0.323 e. The summed E-state index contributed by atoms with van der Waals surface area (Å²) in [4.78, 5) is 17.9. The van der Waals surface area contributed by atoms with Crippen molar-refractivity contribution in [1.29, 1.82) is 0 Å². The Morgan fingerprint density at radius 1 is 1.15 bits per heavy atom. The lowest BCUT2D eigenvalue weighted by molar-refractivity contribution is -0.907. The van der Waals surface area contributed by atoms with E-state index in [0.717, 1.165) is 31.6 Å². The van der Waals surface area contributed by atoms with Crippen LogP contribution in [0.5, 0.6) is 0 Å². The van der Waals surface area contributed by atoms with Crippen molar-refractivity contribution in [2.45, 2.75) is 13.0 Å². The van der Waals surface area contributed by atoms with Gasteiger partial charge in [-0.2, -0.15) is 0 Å². The van der Waals surface area contributed by atoms with Crippen LogP contribution in [-0.2, 0) is 17.8 Å². The maximum Gasteiger partial charge on any atom is 0.281 e. The maximum atomic E-state index is 13.4. The highest BCUT2D eigenvalue weighted by atomic mass is 32.1. The number of nitrogens with zero attached hydrogens (tertiary/aromatic N) is 1. The highest BCUT2D eigenvalue weighted by Crippen LogP contribution is 2.26. The molecular weight excluding hydrogens is 368 g/mol. The summed E-state index contributed by atoms with van der Waals surface area (Å²) >= 11 is 1.26. The number of thiazole rings is 1. The summed E-state index contributed by atoms with van der Waals surface area (Å²) in [5.74, 6) is -1.91. The molecule has 4 rings (SSSR count). The molecule has 1 atom stereocenters. The van der Waals surface area contributed by atoms with Crippen molar-refractivity contribution >= 4 is 22.4 Å². The Morgan fingerprint density at radius 2 is 1.96 bits per heavy atom. The highest BCUT2D eigenvalue weighted by molar-refractivity contribution is 7.14. The number of fused-ring (bicyclic) bond motifs is 1. The van der Waals surface area contributed by atoms with Gasteiger partial charge in [0.05, 0.1) is 12.2 Å². The molecule has 0 spiro atoms. The number of hydrogen-bond acceptors (Lipinski definition) is 3. The molecule has 1 aromatic heterocycles. The van der Waals surface area contributed by atoms with Crippen molar-refractivity contribution in [2.24, 2.45) is 0 Å². The second kappa shape index (κ2) is 7.54. The number of quaternary nitrogens is 1. The number of carbonyl (C=O) groups excluding carboxylic acids is 1. The molecule has 0 saturated carbocycles.